The van der Waals surface area contributed by atoms with E-state index in [1.165, 1.54) is 6.07 Å². The maximum atomic E-state index is 12.0. The first-order chi connectivity index (χ1) is 6.59. The number of alkyl halides is 2. The van der Waals surface area contributed by atoms with Crippen molar-refractivity contribution >= 4 is 0 Å². The predicted octanol–water partition coefficient (Wildman–Crippen LogP) is 2.21. The standard InChI is InChI=1S/C10H12F2O2/c1-7(13)6-8-4-2-3-5-9(8)14-10(11)12/h2-5,7,10,13H,6H2,1H3/t7-/m0/s1. The lowest BCUT2D eigenvalue weighted by Crippen LogP contribution is -2.09. The van der Waals surface area contributed by atoms with Crippen LogP contribution in [-0.4, -0.2) is 17.8 Å². The number of halogens is 2. The third-order valence-electron chi connectivity index (χ3n) is 1.70. The van der Waals surface area contributed by atoms with E-state index in [9.17, 15) is 8.78 Å². The molecule has 2 nitrogen and oxygen atoms in total. The average Bonchev–Trinajstić information content (AvgIpc) is 2.06. The molecule has 4 heteroatoms. The number of aliphatic hydroxyl groups excluding tert-OH is 1. The molecule has 0 saturated heterocycles. The molecule has 0 aromatic heterocycles. The van der Waals surface area contributed by atoms with Gasteiger partial charge in [0.25, 0.3) is 0 Å². The van der Waals surface area contributed by atoms with Crippen LogP contribution in [0, 0.1) is 0 Å². The molecule has 0 aliphatic carbocycles. The van der Waals surface area contributed by atoms with Crippen molar-refractivity contribution < 1.29 is 18.6 Å². The van der Waals surface area contributed by atoms with E-state index < -0.39 is 12.7 Å². The second kappa shape index (κ2) is 4.91. The SMILES string of the molecule is C[C@H](O)Cc1ccccc1OC(F)F. The van der Waals surface area contributed by atoms with Crippen molar-refractivity contribution in [2.75, 3.05) is 0 Å². The van der Waals surface area contributed by atoms with Crippen molar-refractivity contribution in [1.29, 1.82) is 0 Å². The summed E-state index contributed by atoms with van der Waals surface area (Å²) in [6.45, 7) is -1.23. The zero-order valence-electron chi connectivity index (χ0n) is 7.78. The van der Waals surface area contributed by atoms with Crippen LogP contribution in [0.5, 0.6) is 5.75 Å². The Bertz CT molecular complexity index is 258. The average molecular weight is 202 g/mol. The van der Waals surface area contributed by atoms with Crippen LogP contribution in [0.2, 0.25) is 0 Å². The summed E-state index contributed by atoms with van der Waals surface area (Å²) >= 11 is 0. The molecule has 1 aromatic carbocycles. The smallest absolute Gasteiger partial charge is 0.387 e. The molecule has 1 rings (SSSR count). The lowest BCUT2D eigenvalue weighted by atomic mass is 10.1. The Hall–Kier alpha value is -1.16. The highest BCUT2D eigenvalue weighted by Gasteiger charge is 2.10. The van der Waals surface area contributed by atoms with Gasteiger partial charge in [0.15, 0.2) is 0 Å². The Kier molecular flexibility index (Phi) is 3.83. The second-order valence-corrected chi connectivity index (χ2v) is 3.04. The van der Waals surface area contributed by atoms with E-state index in [-0.39, 0.29) is 5.75 Å². The molecular weight excluding hydrogens is 190 g/mol. The lowest BCUT2D eigenvalue weighted by Gasteiger charge is -2.11. The summed E-state index contributed by atoms with van der Waals surface area (Å²) in [4.78, 5) is 0. The lowest BCUT2D eigenvalue weighted by molar-refractivity contribution is -0.0506. The topological polar surface area (TPSA) is 29.5 Å². The van der Waals surface area contributed by atoms with Gasteiger partial charge in [-0.2, -0.15) is 8.78 Å². The van der Waals surface area contributed by atoms with Crippen molar-refractivity contribution in [1.82, 2.24) is 0 Å². The minimum atomic E-state index is -2.83. The van der Waals surface area contributed by atoms with E-state index in [2.05, 4.69) is 4.74 Å². The van der Waals surface area contributed by atoms with Gasteiger partial charge in [-0.15, -0.1) is 0 Å². The maximum Gasteiger partial charge on any atom is 0.387 e. The van der Waals surface area contributed by atoms with Crippen LogP contribution in [0.15, 0.2) is 24.3 Å². The number of benzene rings is 1. The molecule has 0 fully saturated rings. The van der Waals surface area contributed by atoms with E-state index in [1.807, 2.05) is 0 Å². The molecule has 0 radical (unpaired) electrons. The van der Waals surface area contributed by atoms with Gasteiger partial charge >= 0.3 is 6.61 Å². The fourth-order valence-electron chi connectivity index (χ4n) is 1.20. The minimum absolute atomic E-state index is 0.128. The summed E-state index contributed by atoms with van der Waals surface area (Å²) < 4.78 is 28.2. The molecule has 0 aliphatic rings. The predicted molar refractivity (Wildman–Crippen MR) is 48.5 cm³/mol. The summed E-state index contributed by atoms with van der Waals surface area (Å²) in [5, 5.41) is 9.12. The zero-order valence-corrected chi connectivity index (χ0v) is 7.78. The largest absolute Gasteiger partial charge is 0.435 e. The van der Waals surface area contributed by atoms with Crippen molar-refractivity contribution in [2.45, 2.75) is 26.1 Å². The Labute approximate surface area is 81.1 Å². The first-order valence-corrected chi connectivity index (χ1v) is 4.30. The van der Waals surface area contributed by atoms with E-state index in [0.29, 0.717) is 12.0 Å². The van der Waals surface area contributed by atoms with E-state index in [1.54, 1.807) is 25.1 Å². The van der Waals surface area contributed by atoms with Gasteiger partial charge in [-0.05, 0) is 18.6 Å². The summed E-state index contributed by atoms with van der Waals surface area (Å²) in [6.07, 6.45) is -0.263. The van der Waals surface area contributed by atoms with Crippen LogP contribution < -0.4 is 4.74 Å². The molecule has 78 valence electrons. The summed E-state index contributed by atoms with van der Waals surface area (Å²) in [6, 6.07) is 6.45. The summed E-state index contributed by atoms with van der Waals surface area (Å²) in [5.74, 6) is 0.128. The molecule has 0 saturated carbocycles. The maximum absolute atomic E-state index is 12.0. The molecule has 0 bridgehead atoms. The van der Waals surface area contributed by atoms with Gasteiger partial charge in [0.2, 0.25) is 0 Å². The molecular formula is C10H12F2O2. The monoisotopic (exact) mass is 202 g/mol. The number of ether oxygens (including phenoxy) is 1. The highest BCUT2D eigenvalue weighted by molar-refractivity contribution is 5.33. The van der Waals surface area contributed by atoms with E-state index in [0.717, 1.165) is 0 Å². The summed E-state index contributed by atoms with van der Waals surface area (Å²) in [7, 11) is 0. The Morgan fingerprint density at radius 1 is 1.36 bits per heavy atom. The molecule has 0 aliphatic heterocycles. The molecule has 0 spiro atoms. The minimum Gasteiger partial charge on any atom is -0.435 e. The molecule has 1 atom stereocenters. The van der Waals surface area contributed by atoms with Crippen LogP contribution in [0.1, 0.15) is 12.5 Å². The molecule has 0 heterocycles. The molecule has 0 amide bonds. The number of aliphatic hydroxyl groups is 1. The normalized spacial score (nSPS) is 12.9. The third kappa shape index (κ3) is 3.30. The van der Waals surface area contributed by atoms with Crippen LogP contribution in [0.25, 0.3) is 0 Å². The zero-order chi connectivity index (χ0) is 10.6. The van der Waals surface area contributed by atoms with Gasteiger partial charge in [0.1, 0.15) is 5.75 Å². The third-order valence-corrected chi connectivity index (χ3v) is 1.70. The Balaban J connectivity index is 2.80. The van der Waals surface area contributed by atoms with Crippen LogP contribution in [-0.2, 0) is 6.42 Å². The number of hydrogen-bond donors (Lipinski definition) is 1. The highest BCUT2D eigenvalue weighted by atomic mass is 19.3. The van der Waals surface area contributed by atoms with Gasteiger partial charge < -0.3 is 9.84 Å². The summed E-state index contributed by atoms with van der Waals surface area (Å²) in [5.41, 5.74) is 0.586. The Morgan fingerprint density at radius 3 is 2.57 bits per heavy atom. The first-order valence-electron chi connectivity index (χ1n) is 4.30. The Morgan fingerprint density at radius 2 is 2.00 bits per heavy atom. The van der Waals surface area contributed by atoms with Gasteiger partial charge in [-0.3, -0.25) is 0 Å². The van der Waals surface area contributed by atoms with Crippen molar-refractivity contribution in [3.8, 4) is 5.75 Å². The molecule has 1 N–H and O–H groups in total. The molecule has 14 heavy (non-hydrogen) atoms. The fraction of sp³-hybridized carbons (Fsp3) is 0.400. The molecule has 1 aromatic rings. The van der Waals surface area contributed by atoms with Crippen molar-refractivity contribution in [3.63, 3.8) is 0 Å². The highest BCUT2D eigenvalue weighted by Crippen LogP contribution is 2.21. The number of hydrogen-bond acceptors (Lipinski definition) is 2. The van der Waals surface area contributed by atoms with E-state index in [4.69, 9.17) is 5.11 Å². The van der Waals surface area contributed by atoms with Crippen molar-refractivity contribution in [2.24, 2.45) is 0 Å². The first kappa shape index (κ1) is 10.9. The molecule has 0 unspecified atom stereocenters. The van der Waals surface area contributed by atoms with Gasteiger partial charge in [0, 0.05) is 6.42 Å². The quantitative estimate of drug-likeness (QED) is 0.811. The van der Waals surface area contributed by atoms with Crippen LogP contribution >= 0.6 is 0 Å². The van der Waals surface area contributed by atoms with Crippen molar-refractivity contribution in [3.05, 3.63) is 29.8 Å². The van der Waals surface area contributed by atoms with Crippen LogP contribution in [0.4, 0.5) is 8.78 Å². The van der Waals surface area contributed by atoms with Gasteiger partial charge in [-0.25, -0.2) is 0 Å². The van der Waals surface area contributed by atoms with Gasteiger partial charge in [-0.1, -0.05) is 18.2 Å². The fourth-order valence-corrected chi connectivity index (χ4v) is 1.20. The van der Waals surface area contributed by atoms with Gasteiger partial charge in [0.05, 0.1) is 6.10 Å². The number of rotatable bonds is 4. The second-order valence-electron chi connectivity index (χ2n) is 3.04. The number of para-hydroxylation sites is 1. The van der Waals surface area contributed by atoms with Crippen LogP contribution in [0.3, 0.4) is 0 Å². The van der Waals surface area contributed by atoms with E-state index >= 15 is 0 Å².